The van der Waals surface area contributed by atoms with Crippen LogP contribution in [-0.2, 0) is 27.4 Å². The minimum absolute atomic E-state index is 0.0185. The van der Waals surface area contributed by atoms with E-state index in [0.717, 1.165) is 36.8 Å². The maximum atomic E-state index is 11.0. The van der Waals surface area contributed by atoms with Crippen LogP contribution in [0.5, 0.6) is 0 Å². The van der Waals surface area contributed by atoms with Gasteiger partial charge in [-0.3, -0.25) is 14.6 Å². The Morgan fingerprint density at radius 2 is 1.97 bits per heavy atom. The fraction of sp³-hybridized carbons (Fsp3) is 0.591. The summed E-state index contributed by atoms with van der Waals surface area (Å²) in [6, 6.07) is 5.55. The van der Waals surface area contributed by atoms with Crippen molar-refractivity contribution in [1.29, 1.82) is 0 Å². The van der Waals surface area contributed by atoms with E-state index in [9.17, 15) is 14.4 Å². The van der Waals surface area contributed by atoms with Gasteiger partial charge < -0.3 is 14.6 Å². The Balaban J connectivity index is 0.000000238. The molecule has 2 heterocycles. The van der Waals surface area contributed by atoms with Crippen molar-refractivity contribution < 1.29 is 24.2 Å². The van der Waals surface area contributed by atoms with Gasteiger partial charge >= 0.3 is 12.1 Å². The number of likely N-dealkylation sites (N-methyl/N-ethyl adjacent to an activating group) is 1. The molecule has 1 fully saturated rings. The first-order chi connectivity index (χ1) is 14.0. The lowest BCUT2D eigenvalue weighted by Crippen LogP contribution is -2.33. The zero-order valence-corrected chi connectivity index (χ0v) is 19.2. The fourth-order valence-corrected chi connectivity index (χ4v) is 3.36. The summed E-state index contributed by atoms with van der Waals surface area (Å²) in [4.78, 5) is 34.8. The molecule has 3 rings (SSSR count). The second-order valence-corrected chi connectivity index (χ2v) is 9.02. The van der Waals surface area contributed by atoms with Gasteiger partial charge in [0.25, 0.3) is 0 Å². The van der Waals surface area contributed by atoms with Crippen molar-refractivity contribution in [1.82, 2.24) is 9.80 Å². The van der Waals surface area contributed by atoms with E-state index >= 15 is 0 Å². The van der Waals surface area contributed by atoms with Gasteiger partial charge in [-0.05, 0) is 49.0 Å². The van der Waals surface area contributed by atoms with Crippen molar-refractivity contribution in [2.75, 3.05) is 20.7 Å². The summed E-state index contributed by atoms with van der Waals surface area (Å²) in [5.41, 5.74) is 2.13. The van der Waals surface area contributed by atoms with E-state index in [2.05, 4.69) is 4.74 Å². The predicted molar refractivity (Wildman–Crippen MR) is 117 cm³/mol. The molecule has 8 heteroatoms. The van der Waals surface area contributed by atoms with Crippen LogP contribution in [-0.4, -0.2) is 60.0 Å². The number of hydrogen-bond acceptors (Lipinski definition) is 5. The van der Waals surface area contributed by atoms with Crippen molar-refractivity contribution in [3.05, 3.63) is 34.3 Å². The van der Waals surface area contributed by atoms with Crippen molar-refractivity contribution >= 4 is 29.9 Å². The molecule has 0 saturated carbocycles. The topological polar surface area (TPSA) is 87.2 Å². The number of carbonyl (C=O) groups excluding carboxylic acids is 2. The third-order valence-electron chi connectivity index (χ3n) is 4.89. The number of carboxylic acid groups (broad SMARTS) is 1. The van der Waals surface area contributed by atoms with E-state index < -0.39 is 6.09 Å². The summed E-state index contributed by atoms with van der Waals surface area (Å²) in [5, 5.41) is 9.41. The zero-order valence-electron chi connectivity index (χ0n) is 18.5. The molecule has 30 heavy (non-hydrogen) atoms. The smallest absolute Gasteiger partial charge is 0.407 e. The molecule has 1 amide bonds. The molecule has 1 unspecified atom stereocenters. The molecule has 1 N–H and O–H groups in total. The lowest BCUT2D eigenvalue weighted by molar-refractivity contribution is -0.145. The Labute approximate surface area is 183 Å². The van der Waals surface area contributed by atoms with Crippen LogP contribution < -0.4 is 0 Å². The Bertz CT molecular complexity index is 733. The van der Waals surface area contributed by atoms with E-state index in [1.165, 1.54) is 12.0 Å². The Morgan fingerprint density at radius 3 is 2.37 bits per heavy atom. The number of ether oxygens (including phenoxy) is 1. The average molecular weight is 441 g/mol. The molecular weight excluding hydrogens is 408 g/mol. The SMILES string of the molecule is CC(C)(C)CC=O.COC(=O)C1CCCN1C.O=C(O)N1Cc2cccc(Cl)c2C1. The summed E-state index contributed by atoms with van der Waals surface area (Å²) in [5.74, 6) is -0.0972. The molecule has 0 aromatic heterocycles. The lowest BCUT2D eigenvalue weighted by Gasteiger charge is -2.15. The van der Waals surface area contributed by atoms with Crippen molar-refractivity contribution in [3.63, 3.8) is 0 Å². The predicted octanol–water partition coefficient (Wildman–Crippen LogP) is 4.21. The Kier molecular flexibility index (Phi) is 10.3. The van der Waals surface area contributed by atoms with Gasteiger partial charge in [-0.15, -0.1) is 0 Å². The van der Waals surface area contributed by atoms with Crippen LogP contribution in [0.1, 0.15) is 51.2 Å². The number of carbonyl (C=O) groups is 3. The standard InChI is InChI=1S/C9H8ClNO2.C7H13NO2.C6H12O/c10-8-3-1-2-6-4-11(9(12)13)5-7(6)8;1-8-5-3-4-6(8)7(9)10-2;1-6(2,3)4-5-7/h1-3H,4-5H2,(H,12,13);6H,3-5H2,1-2H3;5H,4H2,1-3H3. The Hall–Kier alpha value is -2.12. The molecule has 1 saturated heterocycles. The van der Waals surface area contributed by atoms with Gasteiger partial charge in [-0.25, -0.2) is 4.79 Å². The molecule has 0 spiro atoms. The van der Waals surface area contributed by atoms with Crippen LogP contribution >= 0.6 is 11.6 Å². The first-order valence-electron chi connectivity index (χ1n) is 9.96. The largest absolute Gasteiger partial charge is 0.468 e. The van der Waals surface area contributed by atoms with Gasteiger partial charge in [0.15, 0.2) is 0 Å². The number of fused-ring (bicyclic) bond motifs is 1. The molecule has 0 aliphatic carbocycles. The lowest BCUT2D eigenvalue weighted by atomic mass is 9.93. The number of methoxy groups -OCH3 is 1. The van der Waals surface area contributed by atoms with Crippen molar-refractivity contribution in [3.8, 4) is 0 Å². The number of amides is 1. The van der Waals surface area contributed by atoms with Gasteiger partial charge in [0.1, 0.15) is 12.3 Å². The monoisotopic (exact) mass is 440 g/mol. The number of nitrogens with zero attached hydrogens (tertiary/aromatic N) is 2. The first kappa shape index (κ1) is 25.9. The van der Waals surface area contributed by atoms with Crippen LogP contribution in [0.15, 0.2) is 18.2 Å². The summed E-state index contributed by atoms with van der Waals surface area (Å²) in [7, 11) is 3.39. The van der Waals surface area contributed by atoms with Crippen LogP contribution in [0.4, 0.5) is 4.79 Å². The number of aldehydes is 1. The van der Waals surface area contributed by atoms with E-state index in [4.69, 9.17) is 16.7 Å². The van der Waals surface area contributed by atoms with E-state index in [1.807, 2.05) is 44.9 Å². The van der Waals surface area contributed by atoms with Crippen molar-refractivity contribution in [2.45, 2.75) is 59.2 Å². The van der Waals surface area contributed by atoms with Gasteiger partial charge in [0, 0.05) is 18.0 Å². The van der Waals surface area contributed by atoms with Gasteiger partial charge in [-0.1, -0.05) is 44.5 Å². The van der Waals surface area contributed by atoms with E-state index in [-0.39, 0.29) is 17.4 Å². The third-order valence-corrected chi connectivity index (χ3v) is 5.24. The molecule has 1 aromatic rings. The van der Waals surface area contributed by atoms with Crippen LogP contribution in [0.25, 0.3) is 0 Å². The normalized spacial score (nSPS) is 17.8. The highest BCUT2D eigenvalue weighted by atomic mass is 35.5. The molecule has 1 aromatic carbocycles. The second-order valence-electron chi connectivity index (χ2n) is 8.61. The summed E-state index contributed by atoms with van der Waals surface area (Å²) in [6.07, 6.45) is 2.78. The minimum Gasteiger partial charge on any atom is -0.468 e. The average Bonchev–Trinajstić information content (AvgIpc) is 3.28. The third kappa shape index (κ3) is 8.32. The molecule has 0 bridgehead atoms. The fourth-order valence-electron chi connectivity index (χ4n) is 3.11. The van der Waals surface area contributed by atoms with Crippen molar-refractivity contribution in [2.24, 2.45) is 5.41 Å². The highest BCUT2D eigenvalue weighted by Crippen LogP contribution is 2.28. The van der Waals surface area contributed by atoms with Crippen LogP contribution in [0.2, 0.25) is 5.02 Å². The van der Waals surface area contributed by atoms with Gasteiger partial charge in [0.05, 0.1) is 13.7 Å². The van der Waals surface area contributed by atoms with E-state index in [0.29, 0.717) is 24.5 Å². The summed E-state index contributed by atoms with van der Waals surface area (Å²) in [6.45, 7) is 8.00. The molecule has 7 nitrogen and oxygen atoms in total. The van der Waals surface area contributed by atoms with Gasteiger partial charge in [0.2, 0.25) is 0 Å². The highest BCUT2D eigenvalue weighted by molar-refractivity contribution is 6.31. The zero-order chi connectivity index (χ0) is 22.9. The number of rotatable bonds is 2. The van der Waals surface area contributed by atoms with Gasteiger partial charge in [-0.2, -0.15) is 0 Å². The summed E-state index contributed by atoms with van der Waals surface area (Å²) < 4.78 is 4.62. The number of benzene rings is 1. The molecule has 168 valence electrons. The minimum atomic E-state index is -0.896. The van der Waals surface area contributed by atoms with Crippen LogP contribution in [0, 0.1) is 5.41 Å². The Morgan fingerprint density at radius 1 is 1.30 bits per heavy atom. The number of esters is 1. The maximum absolute atomic E-state index is 11.0. The highest BCUT2D eigenvalue weighted by Gasteiger charge is 2.28. The summed E-state index contributed by atoms with van der Waals surface area (Å²) >= 11 is 5.92. The van der Waals surface area contributed by atoms with Crippen LogP contribution in [0.3, 0.4) is 0 Å². The molecular formula is C22H33ClN2O5. The molecule has 1 atom stereocenters. The molecule has 2 aliphatic heterocycles. The molecule has 2 aliphatic rings. The first-order valence-corrected chi connectivity index (χ1v) is 10.3. The number of halogens is 1. The second kappa shape index (κ2) is 11.9. The number of likely N-dealkylation sites (tertiary alicyclic amines) is 1. The quantitative estimate of drug-likeness (QED) is 0.547. The molecule has 0 radical (unpaired) electrons. The maximum Gasteiger partial charge on any atom is 0.407 e. The van der Waals surface area contributed by atoms with E-state index in [1.54, 1.807) is 6.07 Å². The number of hydrogen-bond donors (Lipinski definition) is 1.